The fraction of sp³-hybridized carbons (Fsp3) is 0.611. The van der Waals surface area contributed by atoms with E-state index in [4.69, 9.17) is 9.47 Å². The minimum Gasteiger partial charge on any atom is -0.504 e. The lowest BCUT2D eigenvalue weighted by Crippen LogP contribution is -2.47. The molecular formula is C18H27N3O3. The summed E-state index contributed by atoms with van der Waals surface area (Å²) in [5.74, 6) is 1.48. The number of rotatable bonds is 6. The van der Waals surface area contributed by atoms with E-state index in [2.05, 4.69) is 22.5 Å². The number of phenols is 1. The lowest BCUT2D eigenvalue weighted by molar-refractivity contribution is 0.0992. The molecule has 1 aromatic rings. The van der Waals surface area contributed by atoms with Gasteiger partial charge in [0.15, 0.2) is 17.5 Å². The Kier molecular flexibility index (Phi) is 5.45. The zero-order valence-electron chi connectivity index (χ0n) is 14.4. The summed E-state index contributed by atoms with van der Waals surface area (Å²) in [5, 5.41) is 16.6. The zero-order valence-corrected chi connectivity index (χ0v) is 14.4. The van der Waals surface area contributed by atoms with Crippen LogP contribution in [0.5, 0.6) is 11.5 Å². The Balaban J connectivity index is 1.64. The van der Waals surface area contributed by atoms with Crippen LogP contribution in [0, 0.1) is 0 Å². The molecule has 2 aliphatic rings. The molecule has 2 heterocycles. The molecular weight excluding hydrogens is 306 g/mol. The van der Waals surface area contributed by atoms with Crippen LogP contribution in [-0.4, -0.2) is 42.5 Å². The van der Waals surface area contributed by atoms with Gasteiger partial charge in [0.25, 0.3) is 0 Å². The molecule has 0 aromatic heterocycles. The third-order valence-corrected chi connectivity index (χ3v) is 4.52. The molecule has 0 aliphatic carbocycles. The van der Waals surface area contributed by atoms with Crippen molar-refractivity contribution in [3.8, 4) is 11.5 Å². The third-order valence-electron chi connectivity index (χ3n) is 4.52. The van der Waals surface area contributed by atoms with Crippen molar-refractivity contribution in [3.63, 3.8) is 0 Å². The van der Waals surface area contributed by atoms with E-state index in [1.54, 1.807) is 6.07 Å². The first-order chi connectivity index (χ1) is 11.7. The van der Waals surface area contributed by atoms with Crippen LogP contribution in [-0.2, 0) is 11.3 Å². The Bertz CT molecular complexity index is 591. The highest BCUT2D eigenvalue weighted by atomic mass is 16.5. The number of hydrogen-bond acceptors (Lipinski definition) is 4. The predicted octanol–water partition coefficient (Wildman–Crippen LogP) is 2.17. The summed E-state index contributed by atoms with van der Waals surface area (Å²) in [6, 6.07) is 5.71. The minimum atomic E-state index is 0.161. The van der Waals surface area contributed by atoms with Crippen LogP contribution in [0.1, 0.15) is 38.7 Å². The lowest BCUT2D eigenvalue weighted by atomic mass is 9.96. The molecule has 2 aliphatic heterocycles. The summed E-state index contributed by atoms with van der Waals surface area (Å²) in [5.41, 5.74) is 0.998. The van der Waals surface area contributed by atoms with Crippen molar-refractivity contribution in [2.24, 2.45) is 4.99 Å². The molecule has 2 fully saturated rings. The molecule has 6 heteroatoms. The number of nitrogens with zero attached hydrogens (tertiary/aromatic N) is 1. The minimum absolute atomic E-state index is 0.161. The molecule has 2 saturated heterocycles. The number of fused-ring (bicyclic) bond motifs is 2. The fourth-order valence-corrected chi connectivity index (χ4v) is 3.38. The summed E-state index contributed by atoms with van der Waals surface area (Å²) in [7, 11) is 0. The Morgan fingerprint density at radius 2 is 2.25 bits per heavy atom. The molecule has 1 aromatic carbocycles. The van der Waals surface area contributed by atoms with Gasteiger partial charge in [0, 0.05) is 6.54 Å². The van der Waals surface area contributed by atoms with Crippen LogP contribution in [0.2, 0.25) is 0 Å². The van der Waals surface area contributed by atoms with Gasteiger partial charge in [-0.25, -0.2) is 4.99 Å². The number of ether oxygens (including phenoxy) is 2. The van der Waals surface area contributed by atoms with E-state index in [0.29, 0.717) is 37.2 Å². The first-order valence-electron chi connectivity index (χ1n) is 8.84. The molecule has 0 spiro atoms. The first-order valence-corrected chi connectivity index (χ1v) is 8.84. The van der Waals surface area contributed by atoms with Crippen LogP contribution >= 0.6 is 0 Å². The van der Waals surface area contributed by atoms with E-state index < -0.39 is 0 Å². The molecule has 6 nitrogen and oxygen atoms in total. The van der Waals surface area contributed by atoms with E-state index in [-0.39, 0.29) is 5.75 Å². The fourth-order valence-electron chi connectivity index (χ4n) is 3.38. The van der Waals surface area contributed by atoms with Gasteiger partial charge in [0.1, 0.15) is 0 Å². The second-order valence-electron chi connectivity index (χ2n) is 6.29. The maximum Gasteiger partial charge on any atom is 0.191 e. The Labute approximate surface area is 143 Å². The van der Waals surface area contributed by atoms with Crippen LogP contribution < -0.4 is 15.4 Å². The largest absolute Gasteiger partial charge is 0.504 e. The smallest absolute Gasteiger partial charge is 0.191 e. The maximum absolute atomic E-state index is 9.78. The number of aliphatic imine (C=N–C) groups is 1. The monoisotopic (exact) mass is 333 g/mol. The van der Waals surface area contributed by atoms with Crippen LogP contribution in [0.3, 0.4) is 0 Å². The molecule has 0 amide bonds. The maximum atomic E-state index is 9.78. The Morgan fingerprint density at radius 3 is 2.92 bits per heavy atom. The van der Waals surface area contributed by atoms with Gasteiger partial charge in [-0.15, -0.1) is 0 Å². The van der Waals surface area contributed by atoms with Crippen molar-refractivity contribution < 1.29 is 14.6 Å². The number of guanidine groups is 1. The quantitative estimate of drug-likeness (QED) is 0.549. The van der Waals surface area contributed by atoms with Gasteiger partial charge in [-0.1, -0.05) is 6.07 Å². The molecule has 24 heavy (non-hydrogen) atoms. The van der Waals surface area contributed by atoms with E-state index in [1.165, 1.54) is 6.42 Å². The van der Waals surface area contributed by atoms with Crippen LogP contribution in [0.4, 0.5) is 0 Å². The van der Waals surface area contributed by atoms with Gasteiger partial charge >= 0.3 is 0 Å². The van der Waals surface area contributed by atoms with Crippen molar-refractivity contribution in [3.05, 3.63) is 23.8 Å². The second-order valence-corrected chi connectivity index (χ2v) is 6.29. The Morgan fingerprint density at radius 1 is 1.38 bits per heavy atom. The predicted molar refractivity (Wildman–Crippen MR) is 93.5 cm³/mol. The summed E-state index contributed by atoms with van der Waals surface area (Å²) in [6.07, 6.45) is 4.11. The van der Waals surface area contributed by atoms with Gasteiger partial charge in [-0.2, -0.15) is 0 Å². The van der Waals surface area contributed by atoms with Crippen molar-refractivity contribution in [2.75, 3.05) is 13.2 Å². The van der Waals surface area contributed by atoms with Gasteiger partial charge in [-0.05, 0) is 50.8 Å². The third kappa shape index (κ3) is 3.93. The van der Waals surface area contributed by atoms with Crippen molar-refractivity contribution in [1.29, 1.82) is 0 Å². The lowest BCUT2D eigenvalue weighted by Gasteiger charge is -2.22. The molecule has 3 atom stereocenters. The number of benzene rings is 1. The molecule has 3 rings (SSSR count). The van der Waals surface area contributed by atoms with E-state index >= 15 is 0 Å². The summed E-state index contributed by atoms with van der Waals surface area (Å²) >= 11 is 0. The molecule has 2 bridgehead atoms. The Hall–Kier alpha value is -1.95. The summed E-state index contributed by atoms with van der Waals surface area (Å²) < 4.78 is 11.3. The topological polar surface area (TPSA) is 75.1 Å². The molecule has 3 N–H and O–H groups in total. The normalized spacial score (nSPS) is 25.8. The molecule has 132 valence electrons. The number of hydrogen-bond donors (Lipinski definition) is 3. The number of aromatic hydroxyl groups is 1. The molecule has 3 unspecified atom stereocenters. The average Bonchev–Trinajstić information content (AvgIpc) is 3.18. The number of phenolic OH excluding ortho intramolecular Hbond substituents is 1. The van der Waals surface area contributed by atoms with E-state index in [0.717, 1.165) is 30.9 Å². The number of nitrogens with one attached hydrogen (secondary N) is 2. The van der Waals surface area contributed by atoms with Gasteiger partial charge in [0.2, 0.25) is 0 Å². The zero-order chi connectivity index (χ0) is 16.9. The van der Waals surface area contributed by atoms with Crippen molar-refractivity contribution in [2.45, 2.75) is 57.9 Å². The van der Waals surface area contributed by atoms with Crippen LogP contribution in [0.25, 0.3) is 0 Å². The van der Waals surface area contributed by atoms with Crippen molar-refractivity contribution >= 4 is 5.96 Å². The van der Waals surface area contributed by atoms with E-state index in [1.807, 2.05) is 19.1 Å². The van der Waals surface area contributed by atoms with Gasteiger partial charge in [-0.3, -0.25) is 0 Å². The van der Waals surface area contributed by atoms with Gasteiger partial charge in [0.05, 0.1) is 31.4 Å². The highest BCUT2D eigenvalue weighted by Crippen LogP contribution is 2.34. The highest BCUT2D eigenvalue weighted by Gasteiger charge is 2.41. The second kappa shape index (κ2) is 7.75. The standard InChI is InChI=1S/C18H27N3O3/c1-3-19-18(21-14-10-13-6-8-16(14)24-13)20-11-12-5-7-15(22)17(9-12)23-4-2/h5,7,9,13-14,16,22H,3-4,6,8,10-11H2,1-2H3,(H2,19,20,21). The average molecular weight is 333 g/mol. The van der Waals surface area contributed by atoms with Crippen LogP contribution in [0.15, 0.2) is 23.2 Å². The summed E-state index contributed by atoms with van der Waals surface area (Å²) in [4.78, 5) is 4.66. The SMILES string of the molecule is CCNC(=NCc1ccc(O)c(OCC)c1)NC1CC2CCC1O2. The molecule has 0 saturated carbocycles. The van der Waals surface area contributed by atoms with Crippen molar-refractivity contribution in [1.82, 2.24) is 10.6 Å². The highest BCUT2D eigenvalue weighted by molar-refractivity contribution is 5.80. The van der Waals surface area contributed by atoms with E-state index in [9.17, 15) is 5.11 Å². The first kappa shape index (κ1) is 16.9. The van der Waals surface area contributed by atoms with Gasteiger partial charge < -0.3 is 25.2 Å². The summed E-state index contributed by atoms with van der Waals surface area (Å²) in [6.45, 7) is 5.82. The molecule has 0 radical (unpaired) electrons.